The molecular weight excluding hydrogens is 309 g/mol. The number of carbonyl (C=O) groups excluding carboxylic acids is 1. The first-order valence-electron chi connectivity index (χ1n) is 6.66. The minimum atomic E-state index is -0.499. The van der Waals surface area contributed by atoms with Crippen LogP contribution < -0.4 is 5.32 Å². The summed E-state index contributed by atoms with van der Waals surface area (Å²) >= 11 is 3.17. The zero-order chi connectivity index (χ0) is 14.4. The lowest BCUT2D eigenvalue weighted by Crippen LogP contribution is -2.33. The predicted molar refractivity (Wildman–Crippen MR) is 79.7 cm³/mol. The van der Waals surface area contributed by atoms with Crippen molar-refractivity contribution in [3.05, 3.63) is 34.1 Å². The van der Waals surface area contributed by atoms with Crippen molar-refractivity contribution in [2.45, 2.75) is 46.1 Å². The van der Waals surface area contributed by atoms with Crippen LogP contribution in [0.15, 0.2) is 22.7 Å². The average Bonchev–Trinajstić information content (AvgIpc) is 2.27. The Bertz CT molecular complexity index is 434. The number of nitrogens with one attached hydrogen (secondary N) is 1. The standard InChI is InChI=1S/C15H21BrFNO/c1-10(2)5-4-6-11(3)18-15(19)13-8-7-12(16)9-14(13)17/h7-11H,4-6H2,1-3H3,(H,18,19). The first-order chi connectivity index (χ1) is 8.90. The largest absolute Gasteiger partial charge is 0.349 e. The third-order valence-electron chi connectivity index (χ3n) is 2.97. The quantitative estimate of drug-likeness (QED) is 0.816. The van der Waals surface area contributed by atoms with Crippen molar-refractivity contribution in [1.29, 1.82) is 0 Å². The molecule has 106 valence electrons. The topological polar surface area (TPSA) is 29.1 Å². The van der Waals surface area contributed by atoms with Crippen LogP contribution in [-0.2, 0) is 0 Å². The summed E-state index contributed by atoms with van der Waals surface area (Å²) in [4.78, 5) is 11.9. The van der Waals surface area contributed by atoms with E-state index in [9.17, 15) is 9.18 Å². The summed E-state index contributed by atoms with van der Waals surface area (Å²) in [5.74, 6) is -0.171. The molecule has 4 heteroatoms. The molecule has 19 heavy (non-hydrogen) atoms. The molecule has 0 aliphatic rings. The van der Waals surface area contributed by atoms with Gasteiger partial charge in [-0.05, 0) is 37.5 Å². The Hall–Kier alpha value is -0.900. The summed E-state index contributed by atoms with van der Waals surface area (Å²) in [5, 5.41) is 2.84. The Morgan fingerprint density at radius 3 is 2.58 bits per heavy atom. The van der Waals surface area contributed by atoms with Gasteiger partial charge in [0.1, 0.15) is 5.82 Å². The van der Waals surface area contributed by atoms with Crippen molar-refractivity contribution in [3.63, 3.8) is 0 Å². The van der Waals surface area contributed by atoms with Gasteiger partial charge in [0, 0.05) is 10.5 Å². The molecule has 0 aliphatic carbocycles. The highest BCUT2D eigenvalue weighted by atomic mass is 79.9. The maximum atomic E-state index is 13.6. The maximum Gasteiger partial charge on any atom is 0.254 e. The zero-order valence-corrected chi connectivity index (χ0v) is 13.3. The van der Waals surface area contributed by atoms with Crippen molar-refractivity contribution in [1.82, 2.24) is 5.32 Å². The van der Waals surface area contributed by atoms with Gasteiger partial charge in [-0.1, -0.05) is 42.6 Å². The van der Waals surface area contributed by atoms with E-state index in [1.165, 1.54) is 12.1 Å². The third-order valence-corrected chi connectivity index (χ3v) is 3.47. The van der Waals surface area contributed by atoms with E-state index in [-0.39, 0.29) is 17.5 Å². The lowest BCUT2D eigenvalue weighted by atomic mass is 10.0. The van der Waals surface area contributed by atoms with Crippen LogP contribution >= 0.6 is 15.9 Å². The number of hydrogen-bond donors (Lipinski definition) is 1. The Kier molecular flexibility index (Phi) is 6.49. The molecule has 0 bridgehead atoms. The zero-order valence-electron chi connectivity index (χ0n) is 11.7. The van der Waals surface area contributed by atoms with Gasteiger partial charge in [-0.2, -0.15) is 0 Å². The van der Waals surface area contributed by atoms with Crippen molar-refractivity contribution >= 4 is 21.8 Å². The fourth-order valence-electron chi connectivity index (χ4n) is 1.88. The monoisotopic (exact) mass is 329 g/mol. The van der Waals surface area contributed by atoms with Gasteiger partial charge in [0.25, 0.3) is 5.91 Å². The van der Waals surface area contributed by atoms with Gasteiger partial charge in [-0.15, -0.1) is 0 Å². The van der Waals surface area contributed by atoms with Crippen LogP contribution in [0.4, 0.5) is 4.39 Å². The summed E-state index contributed by atoms with van der Waals surface area (Å²) in [6, 6.07) is 4.53. The number of rotatable bonds is 6. The van der Waals surface area contributed by atoms with E-state index in [0.29, 0.717) is 10.4 Å². The molecule has 0 saturated carbocycles. The predicted octanol–water partition coefficient (Wildman–Crippen LogP) is 4.53. The van der Waals surface area contributed by atoms with Crippen molar-refractivity contribution in [3.8, 4) is 0 Å². The number of amides is 1. The molecule has 1 aromatic rings. The number of halogens is 2. The molecule has 1 aromatic carbocycles. The van der Waals surface area contributed by atoms with E-state index in [0.717, 1.165) is 19.3 Å². The van der Waals surface area contributed by atoms with Gasteiger partial charge < -0.3 is 5.32 Å². The number of hydrogen-bond acceptors (Lipinski definition) is 1. The van der Waals surface area contributed by atoms with Gasteiger partial charge in [-0.25, -0.2) is 4.39 Å². The molecule has 0 saturated heterocycles. The van der Waals surface area contributed by atoms with E-state index >= 15 is 0 Å². The van der Waals surface area contributed by atoms with E-state index in [1.807, 2.05) is 6.92 Å². The van der Waals surface area contributed by atoms with Crippen LogP contribution in [0.5, 0.6) is 0 Å². The number of benzene rings is 1. The minimum Gasteiger partial charge on any atom is -0.349 e. The summed E-state index contributed by atoms with van der Waals surface area (Å²) in [6.45, 7) is 6.32. The molecule has 0 radical (unpaired) electrons. The van der Waals surface area contributed by atoms with Gasteiger partial charge in [0.05, 0.1) is 5.56 Å². The molecule has 0 aromatic heterocycles. The highest BCUT2D eigenvalue weighted by Crippen LogP contribution is 2.15. The lowest BCUT2D eigenvalue weighted by molar-refractivity contribution is 0.0933. The number of carbonyl (C=O) groups is 1. The molecule has 0 fully saturated rings. The first kappa shape index (κ1) is 16.2. The lowest BCUT2D eigenvalue weighted by Gasteiger charge is -2.15. The second-order valence-corrected chi connectivity index (χ2v) is 6.24. The van der Waals surface area contributed by atoms with E-state index in [2.05, 4.69) is 35.1 Å². The molecule has 1 rings (SSSR count). The van der Waals surface area contributed by atoms with Gasteiger partial charge in [0.2, 0.25) is 0 Å². The Morgan fingerprint density at radius 1 is 1.32 bits per heavy atom. The summed E-state index contributed by atoms with van der Waals surface area (Å²) in [5.41, 5.74) is 0.0962. The average molecular weight is 330 g/mol. The Balaban J connectivity index is 2.50. The first-order valence-corrected chi connectivity index (χ1v) is 7.45. The molecule has 0 heterocycles. The van der Waals surface area contributed by atoms with Crippen LogP contribution in [0.2, 0.25) is 0 Å². The van der Waals surface area contributed by atoms with Crippen LogP contribution in [0.25, 0.3) is 0 Å². The van der Waals surface area contributed by atoms with Crippen molar-refractivity contribution < 1.29 is 9.18 Å². The van der Waals surface area contributed by atoms with Gasteiger partial charge >= 0.3 is 0 Å². The molecule has 1 unspecified atom stereocenters. The molecular formula is C15H21BrFNO. The molecule has 2 nitrogen and oxygen atoms in total. The van der Waals surface area contributed by atoms with E-state index in [1.54, 1.807) is 6.07 Å². The minimum absolute atomic E-state index is 0.0642. The van der Waals surface area contributed by atoms with E-state index in [4.69, 9.17) is 0 Å². The smallest absolute Gasteiger partial charge is 0.254 e. The van der Waals surface area contributed by atoms with Crippen molar-refractivity contribution in [2.75, 3.05) is 0 Å². The summed E-state index contributed by atoms with van der Waals surface area (Å²) in [7, 11) is 0. The maximum absolute atomic E-state index is 13.6. The molecule has 0 spiro atoms. The molecule has 1 N–H and O–H groups in total. The van der Waals surface area contributed by atoms with Gasteiger partial charge in [-0.3, -0.25) is 4.79 Å². The Labute approximate surface area is 122 Å². The van der Waals surface area contributed by atoms with E-state index < -0.39 is 5.82 Å². The van der Waals surface area contributed by atoms with Crippen LogP contribution in [0.1, 0.15) is 50.4 Å². The summed E-state index contributed by atoms with van der Waals surface area (Å²) < 4.78 is 14.2. The molecule has 0 aliphatic heterocycles. The fraction of sp³-hybridized carbons (Fsp3) is 0.533. The SMILES string of the molecule is CC(C)CCCC(C)NC(=O)c1ccc(Br)cc1F. The van der Waals surface area contributed by atoms with Crippen molar-refractivity contribution in [2.24, 2.45) is 5.92 Å². The summed E-state index contributed by atoms with van der Waals surface area (Å²) in [6.07, 6.45) is 3.14. The molecule has 1 atom stereocenters. The normalized spacial score (nSPS) is 12.5. The highest BCUT2D eigenvalue weighted by Gasteiger charge is 2.14. The second kappa shape index (κ2) is 7.63. The second-order valence-electron chi connectivity index (χ2n) is 5.32. The molecule has 1 amide bonds. The fourth-order valence-corrected chi connectivity index (χ4v) is 2.21. The van der Waals surface area contributed by atoms with Crippen LogP contribution in [-0.4, -0.2) is 11.9 Å². The Morgan fingerprint density at radius 2 is 2.00 bits per heavy atom. The van der Waals surface area contributed by atoms with Crippen LogP contribution in [0, 0.1) is 11.7 Å². The highest BCUT2D eigenvalue weighted by molar-refractivity contribution is 9.10. The van der Waals surface area contributed by atoms with Crippen LogP contribution in [0.3, 0.4) is 0 Å². The van der Waals surface area contributed by atoms with Gasteiger partial charge in [0.15, 0.2) is 0 Å². The third kappa shape index (κ3) is 5.72.